The van der Waals surface area contributed by atoms with E-state index in [2.05, 4.69) is 4.74 Å². The first-order valence-electron chi connectivity index (χ1n) is 4.99. The minimum absolute atomic E-state index is 0.0931. The maximum absolute atomic E-state index is 11.4. The van der Waals surface area contributed by atoms with Crippen LogP contribution in [0.3, 0.4) is 0 Å². The summed E-state index contributed by atoms with van der Waals surface area (Å²) in [5.41, 5.74) is 0.462. The molecule has 1 aromatic rings. The Hall–Kier alpha value is -2.91. The van der Waals surface area contributed by atoms with Crippen molar-refractivity contribution in [1.82, 2.24) is 0 Å². The number of hydrogen-bond acceptors (Lipinski definition) is 7. The standard InChI is InChI=1S/C10H11NO5.HNO3/c1-6-4-7(10(12)16-3)9(15-2)5-8(6)11(13)14;2-1(3)4/h4-5H,1-3H3;(H,2,3,4). The highest BCUT2D eigenvalue weighted by Gasteiger charge is 2.20. The molecular formula is C10H12N2O8. The van der Waals surface area contributed by atoms with Crippen LogP contribution in [0.25, 0.3) is 0 Å². The molecule has 0 aliphatic carbocycles. The highest BCUT2D eigenvalue weighted by Crippen LogP contribution is 2.28. The molecule has 0 saturated heterocycles. The number of esters is 1. The van der Waals surface area contributed by atoms with Gasteiger partial charge < -0.3 is 14.7 Å². The van der Waals surface area contributed by atoms with Gasteiger partial charge in [-0.15, -0.1) is 10.1 Å². The topological polar surface area (TPSA) is 142 Å². The minimum atomic E-state index is -1.50. The van der Waals surface area contributed by atoms with Crippen LogP contribution >= 0.6 is 0 Å². The van der Waals surface area contributed by atoms with Gasteiger partial charge in [-0.05, 0) is 13.0 Å². The molecule has 10 nitrogen and oxygen atoms in total. The lowest BCUT2D eigenvalue weighted by molar-refractivity contribution is -0.742. The van der Waals surface area contributed by atoms with Crippen LogP contribution in [-0.4, -0.2) is 35.4 Å². The van der Waals surface area contributed by atoms with Crippen molar-refractivity contribution in [3.05, 3.63) is 43.5 Å². The summed E-state index contributed by atoms with van der Waals surface area (Å²) in [6.07, 6.45) is 0. The Kier molecular flexibility index (Phi) is 6.42. The summed E-state index contributed by atoms with van der Waals surface area (Å²) in [5.74, 6) is -0.459. The Labute approximate surface area is 112 Å². The summed E-state index contributed by atoms with van der Waals surface area (Å²) >= 11 is 0. The van der Waals surface area contributed by atoms with Gasteiger partial charge in [-0.1, -0.05) is 0 Å². The number of nitro groups is 1. The summed E-state index contributed by atoms with van der Waals surface area (Å²) < 4.78 is 9.45. The number of nitrogens with zero attached hydrogens (tertiary/aromatic N) is 2. The van der Waals surface area contributed by atoms with Crippen molar-refractivity contribution in [1.29, 1.82) is 0 Å². The van der Waals surface area contributed by atoms with Crippen molar-refractivity contribution in [2.45, 2.75) is 6.92 Å². The largest absolute Gasteiger partial charge is 0.496 e. The third kappa shape index (κ3) is 4.76. The highest BCUT2D eigenvalue weighted by molar-refractivity contribution is 5.93. The number of carbonyl (C=O) groups excluding carboxylic acids is 1. The van der Waals surface area contributed by atoms with E-state index in [1.165, 1.54) is 26.4 Å². The van der Waals surface area contributed by atoms with Crippen molar-refractivity contribution in [2.24, 2.45) is 0 Å². The van der Waals surface area contributed by atoms with Gasteiger partial charge in [0.1, 0.15) is 11.3 Å². The van der Waals surface area contributed by atoms with E-state index in [4.69, 9.17) is 20.1 Å². The Balaban J connectivity index is 0.000000796. The number of methoxy groups -OCH3 is 2. The molecule has 0 radical (unpaired) electrons. The van der Waals surface area contributed by atoms with Crippen molar-refractivity contribution >= 4 is 11.7 Å². The molecule has 110 valence electrons. The van der Waals surface area contributed by atoms with Gasteiger partial charge in [-0.3, -0.25) is 10.1 Å². The average molecular weight is 288 g/mol. The van der Waals surface area contributed by atoms with Crippen molar-refractivity contribution in [3.8, 4) is 5.75 Å². The second-order valence-corrected chi connectivity index (χ2v) is 3.33. The van der Waals surface area contributed by atoms with Gasteiger partial charge in [0.05, 0.1) is 25.2 Å². The van der Waals surface area contributed by atoms with Gasteiger partial charge in [0.15, 0.2) is 0 Å². The fourth-order valence-electron chi connectivity index (χ4n) is 1.31. The molecule has 0 heterocycles. The fraction of sp³-hybridized carbons (Fsp3) is 0.300. The molecule has 0 atom stereocenters. The highest BCUT2D eigenvalue weighted by atomic mass is 16.9. The molecule has 10 heteroatoms. The second-order valence-electron chi connectivity index (χ2n) is 3.33. The maximum atomic E-state index is 11.4. The van der Waals surface area contributed by atoms with E-state index >= 15 is 0 Å². The van der Waals surface area contributed by atoms with Gasteiger partial charge >= 0.3 is 5.97 Å². The molecule has 0 aliphatic rings. The van der Waals surface area contributed by atoms with E-state index in [1.54, 1.807) is 6.92 Å². The van der Waals surface area contributed by atoms with Gasteiger partial charge in [-0.25, -0.2) is 4.79 Å². The van der Waals surface area contributed by atoms with Crippen molar-refractivity contribution < 1.29 is 29.5 Å². The number of aryl methyl sites for hydroxylation is 1. The zero-order valence-electron chi connectivity index (χ0n) is 10.9. The normalized spacial score (nSPS) is 8.95. The monoisotopic (exact) mass is 288 g/mol. The van der Waals surface area contributed by atoms with E-state index in [-0.39, 0.29) is 17.0 Å². The van der Waals surface area contributed by atoms with Crippen LogP contribution in [0, 0.1) is 27.2 Å². The number of carbonyl (C=O) groups is 1. The van der Waals surface area contributed by atoms with Gasteiger partial charge in [0.2, 0.25) is 0 Å². The average Bonchev–Trinajstić information content (AvgIpc) is 2.36. The predicted octanol–water partition coefficient (Wildman–Crippen LogP) is 1.35. The molecule has 0 spiro atoms. The molecule has 20 heavy (non-hydrogen) atoms. The Morgan fingerprint density at radius 1 is 1.25 bits per heavy atom. The van der Waals surface area contributed by atoms with Gasteiger partial charge in [0, 0.05) is 5.56 Å². The molecule has 0 amide bonds. The van der Waals surface area contributed by atoms with Crippen LogP contribution in [0.5, 0.6) is 5.75 Å². The molecule has 1 rings (SSSR count). The number of hydrogen-bond donors (Lipinski definition) is 1. The second kappa shape index (κ2) is 7.51. The summed E-state index contributed by atoms with van der Waals surface area (Å²) in [7, 11) is 2.57. The Bertz CT molecular complexity index is 524. The summed E-state index contributed by atoms with van der Waals surface area (Å²) in [4.78, 5) is 29.9. The van der Waals surface area contributed by atoms with Gasteiger partial charge in [0.25, 0.3) is 10.8 Å². The van der Waals surface area contributed by atoms with Gasteiger partial charge in [-0.2, -0.15) is 0 Å². The predicted molar refractivity (Wildman–Crippen MR) is 64.5 cm³/mol. The van der Waals surface area contributed by atoms with Crippen molar-refractivity contribution in [2.75, 3.05) is 14.2 Å². The number of nitro benzene ring substituents is 1. The number of rotatable bonds is 3. The summed E-state index contributed by atoms with van der Waals surface area (Å²) in [5, 5.41) is 24.3. The summed E-state index contributed by atoms with van der Waals surface area (Å²) in [6, 6.07) is 2.59. The lowest BCUT2D eigenvalue weighted by Crippen LogP contribution is -2.05. The molecule has 1 aromatic carbocycles. The molecule has 1 N–H and O–H groups in total. The van der Waals surface area contributed by atoms with Crippen LogP contribution in [0.1, 0.15) is 15.9 Å². The number of benzene rings is 1. The smallest absolute Gasteiger partial charge is 0.341 e. The SMILES string of the molecule is COC(=O)c1cc(C)c([N+](=O)[O-])cc1OC.O=[N+]([O-])O. The van der Waals surface area contributed by atoms with Crippen LogP contribution in [0.15, 0.2) is 12.1 Å². The number of ether oxygens (including phenoxy) is 2. The maximum Gasteiger partial charge on any atom is 0.341 e. The molecule has 0 aromatic heterocycles. The van der Waals surface area contributed by atoms with E-state index in [9.17, 15) is 14.9 Å². The van der Waals surface area contributed by atoms with E-state index in [0.717, 1.165) is 0 Å². The first kappa shape index (κ1) is 17.1. The Morgan fingerprint density at radius 3 is 2.10 bits per heavy atom. The van der Waals surface area contributed by atoms with Crippen LogP contribution < -0.4 is 4.74 Å². The van der Waals surface area contributed by atoms with Crippen LogP contribution in [0.4, 0.5) is 5.69 Å². The molecule has 0 unspecified atom stereocenters. The lowest BCUT2D eigenvalue weighted by atomic mass is 10.1. The zero-order chi connectivity index (χ0) is 15.9. The molecule has 0 aliphatic heterocycles. The van der Waals surface area contributed by atoms with Crippen LogP contribution in [-0.2, 0) is 4.74 Å². The van der Waals surface area contributed by atoms with E-state index in [0.29, 0.717) is 5.56 Å². The third-order valence-corrected chi connectivity index (χ3v) is 2.12. The van der Waals surface area contributed by atoms with Crippen LogP contribution in [0.2, 0.25) is 0 Å². The fourth-order valence-corrected chi connectivity index (χ4v) is 1.31. The first-order chi connectivity index (χ1) is 9.24. The van der Waals surface area contributed by atoms with E-state index in [1.807, 2.05) is 0 Å². The third-order valence-electron chi connectivity index (χ3n) is 2.12. The first-order valence-corrected chi connectivity index (χ1v) is 4.99. The lowest BCUT2D eigenvalue weighted by Gasteiger charge is -2.07. The quantitative estimate of drug-likeness (QED) is 0.498. The molecule has 0 fully saturated rings. The molecule has 0 saturated carbocycles. The molecule has 0 bridgehead atoms. The minimum Gasteiger partial charge on any atom is -0.496 e. The van der Waals surface area contributed by atoms with E-state index < -0.39 is 16.0 Å². The zero-order valence-corrected chi connectivity index (χ0v) is 10.9. The Morgan fingerprint density at radius 2 is 1.75 bits per heavy atom. The summed E-state index contributed by atoms with van der Waals surface area (Å²) in [6.45, 7) is 1.55. The van der Waals surface area contributed by atoms with Crippen molar-refractivity contribution in [3.63, 3.8) is 0 Å². The molecular weight excluding hydrogens is 276 g/mol.